The quantitative estimate of drug-likeness (QED) is 0.557. The third-order valence-corrected chi connectivity index (χ3v) is 1.92. The second kappa shape index (κ2) is 2.14. The Bertz CT molecular complexity index is 137. The predicted octanol–water partition coefficient (Wildman–Crippen LogP) is 1.06. The van der Waals surface area contributed by atoms with Crippen molar-refractivity contribution in [3.63, 3.8) is 0 Å². The van der Waals surface area contributed by atoms with Crippen LogP contribution in [0.25, 0.3) is 0 Å². The van der Waals surface area contributed by atoms with E-state index >= 15 is 0 Å². The fourth-order valence-corrected chi connectivity index (χ4v) is 1.03. The van der Waals surface area contributed by atoms with Gasteiger partial charge in [0.2, 0.25) is 0 Å². The molecule has 0 unspecified atom stereocenters. The van der Waals surface area contributed by atoms with Crippen molar-refractivity contribution in [2.45, 2.75) is 25.9 Å². The molecular formula is C6H11NOS. The molecule has 1 aliphatic heterocycles. The Balaban J connectivity index is 2.54. The molecule has 0 amide bonds. The second-order valence-corrected chi connectivity index (χ2v) is 2.92. The molecule has 1 atom stereocenters. The van der Waals surface area contributed by atoms with Gasteiger partial charge in [0, 0.05) is 0 Å². The van der Waals surface area contributed by atoms with Gasteiger partial charge in [0.25, 0.3) is 5.17 Å². The molecule has 0 spiro atoms. The molecule has 52 valence electrons. The number of hydrogen-bond acceptors (Lipinski definition) is 2. The highest BCUT2D eigenvalue weighted by Gasteiger charge is 2.30. The molecule has 9 heavy (non-hydrogen) atoms. The Labute approximate surface area is 60.6 Å². The summed E-state index contributed by atoms with van der Waals surface area (Å²) in [4.78, 5) is 0. The maximum atomic E-state index is 5.32. The zero-order valence-electron chi connectivity index (χ0n) is 5.73. The van der Waals surface area contributed by atoms with Gasteiger partial charge in [0.1, 0.15) is 5.60 Å². The average Bonchev–Trinajstić information content (AvgIpc) is 2.13. The van der Waals surface area contributed by atoms with Gasteiger partial charge in [-0.1, -0.05) is 6.92 Å². The lowest BCUT2D eigenvalue weighted by molar-refractivity contribution is 0.114. The lowest BCUT2D eigenvalue weighted by Gasteiger charge is -2.18. The van der Waals surface area contributed by atoms with Crippen molar-refractivity contribution < 1.29 is 4.74 Å². The van der Waals surface area contributed by atoms with Crippen LogP contribution < -0.4 is 5.32 Å². The Morgan fingerprint density at radius 3 is 2.78 bits per heavy atom. The highest BCUT2D eigenvalue weighted by molar-refractivity contribution is 7.80. The Morgan fingerprint density at radius 2 is 2.56 bits per heavy atom. The minimum absolute atomic E-state index is 0.0446. The third kappa shape index (κ3) is 1.33. The van der Waals surface area contributed by atoms with Gasteiger partial charge < -0.3 is 10.1 Å². The second-order valence-electron chi connectivity index (χ2n) is 2.55. The third-order valence-electron chi connectivity index (χ3n) is 1.69. The maximum Gasteiger partial charge on any atom is 0.257 e. The number of hydrogen-bond donors (Lipinski definition) is 1. The first-order valence-electron chi connectivity index (χ1n) is 3.13. The van der Waals surface area contributed by atoms with Crippen molar-refractivity contribution in [2.24, 2.45) is 0 Å². The van der Waals surface area contributed by atoms with Crippen molar-refractivity contribution in [2.75, 3.05) is 6.54 Å². The van der Waals surface area contributed by atoms with Crippen LogP contribution in [0.15, 0.2) is 0 Å². The van der Waals surface area contributed by atoms with Crippen molar-refractivity contribution in [1.29, 1.82) is 0 Å². The summed E-state index contributed by atoms with van der Waals surface area (Å²) in [6, 6.07) is 0. The van der Waals surface area contributed by atoms with Crippen LogP contribution in [0.5, 0.6) is 0 Å². The molecule has 0 aliphatic carbocycles. The number of rotatable bonds is 1. The van der Waals surface area contributed by atoms with Crippen LogP contribution in [-0.2, 0) is 4.74 Å². The first-order chi connectivity index (χ1) is 4.16. The number of thiocarbonyl (C=S) groups is 1. The summed E-state index contributed by atoms with van der Waals surface area (Å²) in [5.74, 6) is 0. The van der Waals surface area contributed by atoms with E-state index in [1.165, 1.54) is 0 Å². The molecule has 0 aromatic rings. The zero-order valence-corrected chi connectivity index (χ0v) is 6.55. The van der Waals surface area contributed by atoms with E-state index < -0.39 is 0 Å². The minimum atomic E-state index is -0.0446. The fourth-order valence-electron chi connectivity index (χ4n) is 0.752. The Hall–Kier alpha value is -0.310. The smallest absolute Gasteiger partial charge is 0.257 e. The van der Waals surface area contributed by atoms with Crippen LogP contribution in [0.3, 0.4) is 0 Å². The van der Waals surface area contributed by atoms with Gasteiger partial charge in [-0.15, -0.1) is 0 Å². The summed E-state index contributed by atoms with van der Waals surface area (Å²) in [6.07, 6.45) is 1.00. The predicted molar refractivity (Wildman–Crippen MR) is 40.4 cm³/mol. The van der Waals surface area contributed by atoms with Gasteiger partial charge in [-0.3, -0.25) is 0 Å². The standard InChI is InChI=1S/C6H11NOS/c1-3-6(2)4-7-5(9)8-6/h3-4H2,1-2H3,(H,7,9)/t6-/m0/s1. The molecule has 1 heterocycles. The first-order valence-corrected chi connectivity index (χ1v) is 3.54. The molecule has 1 N–H and O–H groups in total. The monoisotopic (exact) mass is 145 g/mol. The summed E-state index contributed by atoms with van der Waals surface area (Å²) in [5.41, 5.74) is -0.0446. The highest BCUT2D eigenvalue weighted by Crippen LogP contribution is 2.18. The normalized spacial score (nSPS) is 33.8. The van der Waals surface area contributed by atoms with Gasteiger partial charge in [-0.05, 0) is 25.6 Å². The molecule has 1 aliphatic rings. The van der Waals surface area contributed by atoms with Crippen molar-refractivity contribution in [1.82, 2.24) is 5.32 Å². The molecule has 0 saturated carbocycles. The van der Waals surface area contributed by atoms with E-state index in [0.717, 1.165) is 13.0 Å². The van der Waals surface area contributed by atoms with E-state index in [-0.39, 0.29) is 5.60 Å². The largest absolute Gasteiger partial charge is 0.463 e. The molecule has 2 nitrogen and oxygen atoms in total. The Kier molecular flexibility index (Phi) is 1.62. The van der Waals surface area contributed by atoms with E-state index in [2.05, 4.69) is 19.2 Å². The fraction of sp³-hybridized carbons (Fsp3) is 0.833. The summed E-state index contributed by atoms with van der Waals surface area (Å²) < 4.78 is 5.32. The van der Waals surface area contributed by atoms with Crippen molar-refractivity contribution in [3.8, 4) is 0 Å². The molecule has 3 heteroatoms. The molecule has 0 radical (unpaired) electrons. The molecule has 1 fully saturated rings. The minimum Gasteiger partial charge on any atom is -0.463 e. The van der Waals surface area contributed by atoms with Gasteiger partial charge in [0.05, 0.1) is 6.54 Å². The van der Waals surface area contributed by atoms with Crippen molar-refractivity contribution in [3.05, 3.63) is 0 Å². The van der Waals surface area contributed by atoms with Gasteiger partial charge in [-0.25, -0.2) is 0 Å². The average molecular weight is 145 g/mol. The Morgan fingerprint density at radius 1 is 1.89 bits per heavy atom. The van der Waals surface area contributed by atoms with E-state index in [1.807, 2.05) is 0 Å². The van der Waals surface area contributed by atoms with Crippen LogP contribution in [-0.4, -0.2) is 17.3 Å². The molecular weight excluding hydrogens is 134 g/mol. The molecule has 0 bridgehead atoms. The zero-order chi connectivity index (χ0) is 6.91. The van der Waals surface area contributed by atoms with Gasteiger partial charge >= 0.3 is 0 Å². The summed E-state index contributed by atoms with van der Waals surface area (Å²) >= 11 is 4.80. The topological polar surface area (TPSA) is 21.3 Å². The van der Waals surface area contributed by atoms with Crippen LogP contribution in [0.2, 0.25) is 0 Å². The summed E-state index contributed by atoms with van der Waals surface area (Å²) in [5, 5.41) is 3.51. The lowest BCUT2D eigenvalue weighted by atomic mass is 10.1. The van der Waals surface area contributed by atoms with Crippen LogP contribution in [0.1, 0.15) is 20.3 Å². The van der Waals surface area contributed by atoms with Crippen molar-refractivity contribution >= 4 is 17.4 Å². The highest BCUT2D eigenvalue weighted by atomic mass is 32.1. The van der Waals surface area contributed by atoms with Crippen LogP contribution in [0, 0.1) is 0 Å². The molecule has 0 aromatic heterocycles. The van der Waals surface area contributed by atoms with E-state index in [4.69, 9.17) is 17.0 Å². The summed E-state index contributed by atoms with van der Waals surface area (Å²) in [6.45, 7) is 5.00. The van der Waals surface area contributed by atoms with E-state index in [1.54, 1.807) is 0 Å². The first kappa shape index (κ1) is 6.81. The summed E-state index contributed by atoms with van der Waals surface area (Å²) in [7, 11) is 0. The van der Waals surface area contributed by atoms with Crippen LogP contribution >= 0.6 is 12.2 Å². The molecule has 1 saturated heterocycles. The molecule has 1 rings (SSSR count). The number of nitrogens with one attached hydrogen (secondary N) is 1. The SMILES string of the molecule is CC[C@@]1(C)CNC(=S)O1. The number of ether oxygens (including phenoxy) is 1. The van der Waals surface area contributed by atoms with Gasteiger partial charge in [-0.2, -0.15) is 0 Å². The van der Waals surface area contributed by atoms with E-state index in [9.17, 15) is 0 Å². The lowest BCUT2D eigenvalue weighted by Crippen LogP contribution is -2.27. The maximum absolute atomic E-state index is 5.32. The van der Waals surface area contributed by atoms with Gasteiger partial charge in [0.15, 0.2) is 0 Å². The van der Waals surface area contributed by atoms with Crippen LogP contribution in [0.4, 0.5) is 0 Å². The molecule has 0 aromatic carbocycles. The van der Waals surface area contributed by atoms with E-state index in [0.29, 0.717) is 5.17 Å².